The first-order chi connectivity index (χ1) is 9.97. The van der Waals surface area contributed by atoms with E-state index in [2.05, 4.69) is 47.4 Å². The van der Waals surface area contributed by atoms with Gasteiger partial charge in [0.25, 0.3) is 0 Å². The summed E-state index contributed by atoms with van der Waals surface area (Å²) < 4.78 is 0. The highest BCUT2D eigenvalue weighted by atomic mass is 35.5. The van der Waals surface area contributed by atoms with Gasteiger partial charge in [-0.25, -0.2) is 4.98 Å². The SMILES string of the molecule is Cc1ccc(-c2csc3nc(Cl)nc(N(C)C)c23)cc1C. The Kier molecular flexibility index (Phi) is 3.59. The molecule has 0 fully saturated rings. The average Bonchev–Trinajstić information content (AvgIpc) is 2.84. The summed E-state index contributed by atoms with van der Waals surface area (Å²) in [5, 5.41) is 3.49. The van der Waals surface area contributed by atoms with E-state index < -0.39 is 0 Å². The van der Waals surface area contributed by atoms with Crippen LogP contribution in [0.3, 0.4) is 0 Å². The van der Waals surface area contributed by atoms with Gasteiger partial charge in [-0.3, -0.25) is 0 Å². The number of hydrogen-bond acceptors (Lipinski definition) is 4. The van der Waals surface area contributed by atoms with Crippen LogP contribution < -0.4 is 4.90 Å². The van der Waals surface area contributed by atoms with Gasteiger partial charge in [0.05, 0.1) is 5.39 Å². The van der Waals surface area contributed by atoms with Crippen LogP contribution in [-0.2, 0) is 0 Å². The number of aromatic nitrogens is 2. The largest absolute Gasteiger partial charge is 0.362 e. The van der Waals surface area contributed by atoms with E-state index >= 15 is 0 Å². The fourth-order valence-electron chi connectivity index (χ4n) is 2.34. The van der Waals surface area contributed by atoms with Crippen molar-refractivity contribution >= 4 is 39.0 Å². The van der Waals surface area contributed by atoms with Crippen molar-refractivity contribution in [2.45, 2.75) is 13.8 Å². The summed E-state index contributed by atoms with van der Waals surface area (Å²) >= 11 is 7.63. The van der Waals surface area contributed by atoms with Gasteiger partial charge in [-0.1, -0.05) is 18.2 Å². The third-order valence-corrected chi connectivity index (χ3v) is 4.67. The summed E-state index contributed by atoms with van der Waals surface area (Å²) in [5.41, 5.74) is 4.94. The first kappa shape index (κ1) is 14.3. The topological polar surface area (TPSA) is 29.0 Å². The molecule has 3 rings (SSSR count). The van der Waals surface area contributed by atoms with E-state index in [9.17, 15) is 0 Å². The second kappa shape index (κ2) is 5.28. The van der Waals surface area contributed by atoms with E-state index in [0.717, 1.165) is 16.0 Å². The van der Waals surface area contributed by atoms with Crippen molar-refractivity contribution in [3.63, 3.8) is 0 Å². The van der Waals surface area contributed by atoms with E-state index in [1.54, 1.807) is 11.3 Å². The predicted molar refractivity (Wildman–Crippen MR) is 91.7 cm³/mol. The molecule has 21 heavy (non-hydrogen) atoms. The Balaban J connectivity index is 2.30. The number of aryl methyl sites for hydroxylation is 2. The second-order valence-corrected chi connectivity index (χ2v) is 6.54. The van der Waals surface area contributed by atoms with Crippen LogP contribution >= 0.6 is 22.9 Å². The highest BCUT2D eigenvalue weighted by Crippen LogP contribution is 2.38. The molecule has 0 aliphatic rings. The molecule has 5 heteroatoms. The molecule has 1 aromatic carbocycles. The average molecular weight is 318 g/mol. The fraction of sp³-hybridized carbons (Fsp3) is 0.250. The molecule has 108 valence electrons. The lowest BCUT2D eigenvalue weighted by atomic mass is 10.0. The molecule has 0 radical (unpaired) electrons. The van der Waals surface area contributed by atoms with E-state index in [1.807, 2.05) is 19.0 Å². The van der Waals surface area contributed by atoms with Gasteiger partial charge in [-0.2, -0.15) is 4.98 Å². The van der Waals surface area contributed by atoms with Crippen LogP contribution in [0, 0.1) is 13.8 Å². The number of hydrogen-bond donors (Lipinski definition) is 0. The van der Waals surface area contributed by atoms with E-state index in [0.29, 0.717) is 5.28 Å². The van der Waals surface area contributed by atoms with Crippen LogP contribution in [0.15, 0.2) is 23.6 Å². The lowest BCUT2D eigenvalue weighted by Gasteiger charge is -2.14. The maximum Gasteiger partial charge on any atom is 0.225 e. The quantitative estimate of drug-likeness (QED) is 0.642. The summed E-state index contributed by atoms with van der Waals surface area (Å²) in [6.45, 7) is 4.26. The van der Waals surface area contributed by atoms with Crippen molar-refractivity contribution in [1.82, 2.24) is 9.97 Å². The molecule has 3 aromatic rings. The zero-order chi connectivity index (χ0) is 15.1. The maximum atomic E-state index is 6.03. The summed E-state index contributed by atoms with van der Waals surface area (Å²) in [6, 6.07) is 6.52. The molecule has 0 unspecified atom stereocenters. The van der Waals surface area contributed by atoms with E-state index in [-0.39, 0.29) is 0 Å². The lowest BCUT2D eigenvalue weighted by molar-refractivity contribution is 1.06. The zero-order valence-electron chi connectivity index (χ0n) is 12.4. The molecule has 3 nitrogen and oxygen atoms in total. The van der Waals surface area contributed by atoms with Gasteiger partial charge in [0.1, 0.15) is 10.6 Å². The molecule has 0 bridgehead atoms. The van der Waals surface area contributed by atoms with Crippen molar-refractivity contribution < 1.29 is 0 Å². The van der Waals surface area contributed by atoms with Gasteiger partial charge < -0.3 is 4.90 Å². The van der Waals surface area contributed by atoms with Crippen molar-refractivity contribution in [3.05, 3.63) is 40.0 Å². The van der Waals surface area contributed by atoms with Crippen molar-refractivity contribution in [2.24, 2.45) is 0 Å². The number of halogens is 1. The number of fused-ring (bicyclic) bond motifs is 1. The molecule has 0 atom stereocenters. The van der Waals surface area contributed by atoms with Crippen LogP contribution in [0.5, 0.6) is 0 Å². The summed E-state index contributed by atoms with van der Waals surface area (Å²) in [6.07, 6.45) is 0. The van der Waals surface area contributed by atoms with Crippen LogP contribution in [0.2, 0.25) is 5.28 Å². The highest BCUT2D eigenvalue weighted by molar-refractivity contribution is 7.17. The number of nitrogens with zero attached hydrogens (tertiary/aromatic N) is 3. The molecule has 2 aromatic heterocycles. The molecule has 0 aliphatic carbocycles. The highest BCUT2D eigenvalue weighted by Gasteiger charge is 2.16. The predicted octanol–water partition coefficient (Wildman–Crippen LogP) is 4.69. The van der Waals surface area contributed by atoms with Crippen LogP contribution in [0.4, 0.5) is 5.82 Å². The number of thiophene rings is 1. The van der Waals surface area contributed by atoms with E-state index in [1.165, 1.54) is 22.3 Å². The Morgan fingerprint density at radius 2 is 1.86 bits per heavy atom. The number of benzene rings is 1. The van der Waals surface area contributed by atoms with Crippen molar-refractivity contribution in [1.29, 1.82) is 0 Å². The van der Waals surface area contributed by atoms with Crippen LogP contribution in [0.25, 0.3) is 21.3 Å². The Morgan fingerprint density at radius 3 is 2.52 bits per heavy atom. The Labute approximate surface area is 133 Å². The van der Waals surface area contributed by atoms with Gasteiger partial charge in [0.15, 0.2) is 0 Å². The van der Waals surface area contributed by atoms with Gasteiger partial charge in [0, 0.05) is 25.0 Å². The monoisotopic (exact) mass is 317 g/mol. The molecule has 0 amide bonds. The second-order valence-electron chi connectivity index (χ2n) is 5.34. The first-order valence-electron chi connectivity index (χ1n) is 6.67. The van der Waals surface area contributed by atoms with Gasteiger partial charge in [-0.05, 0) is 42.1 Å². The molecule has 0 aliphatic heterocycles. The standard InChI is InChI=1S/C16H16ClN3S/c1-9-5-6-11(7-10(9)2)12-8-21-15-13(12)14(20(3)4)18-16(17)19-15/h5-8H,1-4H3. The number of anilines is 1. The van der Waals surface area contributed by atoms with E-state index in [4.69, 9.17) is 11.6 Å². The minimum Gasteiger partial charge on any atom is -0.362 e. The Bertz CT molecular complexity index is 824. The smallest absolute Gasteiger partial charge is 0.225 e. The fourth-order valence-corrected chi connectivity index (χ4v) is 3.50. The summed E-state index contributed by atoms with van der Waals surface area (Å²) in [4.78, 5) is 11.6. The minimum absolute atomic E-state index is 0.291. The van der Waals surface area contributed by atoms with Gasteiger partial charge in [0.2, 0.25) is 5.28 Å². The Morgan fingerprint density at radius 1 is 1.10 bits per heavy atom. The van der Waals surface area contributed by atoms with Gasteiger partial charge in [-0.15, -0.1) is 11.3 Å². The van der Waals surface area contributed by atoms with Crippen LogP contribution in [0.1, 0.15) is 11.1 Å². The molecular formula is C16H16ClN3S. The first-order valence-corrected chi connectivity index (χ1v) is 7.93. The molecule has 0 N–H and O–H groups in total. The summed E-state index contributed by atoms with van der Waals surface area (Å²) in [5.74, 6) is 0.861. The third kappa shape index (κ3) is 2.49. The van der Waals surface area contributed by atoms with Crippen LogP contribution in [-0.4, -0.2) is 24.1 Å². The molecule has 0 saturated carbocycles. The molecule has 0 saturated heterocycles. The van der Waals surface area contributed by atoms with Gasteiger partial charge >= 0.3 is 0 Å². The molecule has 2 heterocycles. The zero-order valence-corrected chi connectivity index (χ0v) is 14.0. The summed E-state index contributed by atoms with van der Waals surface area (Å²) in [7, 11) is 3.94. The minimum atomic E-state index is 0.291. The normalized spacial score (nSPS) is 11.1. The third-order valence-electron chi connectivity index (χ3n) is 3.63. The molecule has 0 spiro atoms. The van der Waals surface area contributed by atoms with Crippen molar-refractivity contribution in [3.8, 4) is 11.1 Å². The molecular weight excluding hydrogens is 302 g/mol. The number of rotatable bonds is 2. The van der Waals surface area contributed by atoms with Crippen molar-refractivity contribution in [2.75, 3.05) is 19.0 Å². The Hall–Kier alpha value is -1.65. The lowest BCUT2D eigenvalue weighted by Crippen LogP contribution is -2.11. The maximum absolute atomic E-state index is 6.03.